The first-order valence-electron chi connectivity index (χ1n) is 6.34. The van der Waals surface area contributed by atoms with Gasteiger partial charge in [0.05, 0.1) is 12.7 Å². The molecule has 1 saturated heterocycles. The van der Waals surface area contributed by atoms with Crippen molar-refractivity contribution in [3.8, 4) is 0 Å². The van der Waals surface area contributed by atoms with Crippen LogP contribution in [0.1, 0.15) is 33.6 Å². The molecule has 0 amide bonds. The summed E-state index contributed by atoms with van der Waals surface area (Å²) in [7, 11) is 1.74. The van der Waals surface area contributed by atoms with Gasteiger partial charge in [0.25, 0.3) is 0 Å². The van der Waals surface area contributed by atoms with Crippen LogP contribution < -0.4 is 5.32 Å². The van der Waals surface area contributed by atoms with E-state index < -0.39 is 0 Å². The molecular formula is C13H27NO2. The topological polar surface area (TPSA) is 30.5 Å². The largest absolute Gasteiger partial charge is 0.383 e. The van der Waals surface area contributed by atoms with Crippen LogP contribution in [0.5, 0.6) is 0 Å². The van der Waals surface area contributed by atoms with Gasteiger partial charge >= 0.3 is 0 Å². The van der Waals surface area contributed by atoms with Crippen LogP contribution >= 0.6 is 0 Å². The van der Waals surface area contributed by atoms with Crippen molar-refractivity contribution in [3.63, 3.8) is 0 Å². The van der Waals surface area contributed by atoms with E-state index in [1.165, 1.54) is 6.42 Å². The number of hydrogen-bond acceptors (Lipinski definition) is 3. The van der Waals surface area contributed by atoms with Crippen molar-refractivity contribution in [1.82, 2.24) is 5.32 Å². The maximum Gasteiger partial charge on any atom is 0.0621 e. The minimum absolute atomic E-state index is 0.361. The molecule has 1 fully saturated rings. The Morgan fingerprint density at radius 2 is 2.12 bits per heavy atom. The van der Waals surface area contributed by atoms with Crippen molar-refractivity contribution in [2.75, 3.05) is 33.4 Å². The normalized spacial score (nSPS) is 26.2. The van der Waals surface area contributed by atoms with Crippen LogP contribution in [-0.4, -0.2) is 39.5 Å². The lowest BCUT2D eigenvalue weighted by Gasteiger charge is -2.26. The first kappa shape index (κ1) is 13.9. The van der Waals surface area contributed by atoms with Gasteiger partial charge in [0.15, 0.2) is 0 Å². The van der Waals surface area contributed by atoms with Crippen molar-refractivity contribution in [3.05, 3.63) is 0 Å². The number of methoxy groups -OCH3 is 1. The monoisotopic (exact) mass is 229 g/mol. The van der Waals surface area contributed by atoms with Crippen molar-refractivity contribution < 1.29 is 9.47 Å². The first-order valence-corrected chi connectivity index (χ1v) is 6.34. The van der Waals surface area contributed by atoms with Crippen molar-refractivity contribution in [2.24, 2.45) is 11.3 Å². The summed E-state index contributed by atoms with van der Waals surface area (Å²) in [5, 5.41) is 3.44. The van der Waals surface area contributed by atoms with E-state index in [-0.39, 0.29) is 0 Å². The summed E-state index contributed by atoms with van der Waals surface area (Å²) in [6.45, 7) is 10.6. The van der Waals surface area contributed by atoms with Crippen molar-refractivity contribution in [1.29, 1.82) is 0 Å². The highest BCUT2D eigenvalue weighted by Crippen LogP contribution is 2.31. The molecule has 0 spiro atoms. The fourth-order valence-electron chi connectivity index (χ4n) is 2.22. The summed E-state index contributed by atoms with van der Waals surface area (Å²) in [5.41, 5.74) is 0.361. The molecule has 0 aromatic heterocycles. The lowest BCUT2D eigenvalue weighted by atomic mass is 9.84. The van der Waals surface area contributed by atoms with Gasteiger partial charge in [-0.2, -0.15) is 0 Å². The van der Waals surface area contributed by atoms with Gasteiger partial charge in [-0.05, 0) is 24.2 Å². The number of nitrogens with one attached hydrogen (secondary N) is 1. The van der Waals surface area contributed by atoms with Crippen molar-refractivity contribution >= 4 is 0 Å². The summed E-state index contributed by atoms with van der Waals surface area (Å²) in [6, 6.07) is 0. The summed E-state index contributed by atoms with van der Waals surface area (Å²) < 4.78 is 10.8. The van der Waals surface area contributed by atoms with E-state index in [0.29, 0.717) is 17.4 Å². The molecule has 0 bridgehead atoms. The third kappa shape index (κ3) is 5.28. The first-order chi connectivity index (χ1) is 7.53. The zero-order valence-corrected chi connectivity index (χ0v) is 11.2. The zero-order chi connectivity index (χ0) is 12.0. The van der Waals surface area contributed by atoms with Gasteiger partial charge in [-0.1, -0.05) is 20.8 Å². The highest BCUT2D eigenvalue weighted by atomic mass is 16.5. The number of hydrogen-bond donors (Lipinski definition) is 1. The molecule has 0 aliphatic carbocycles. The van der Waals surface area contributed by atoms with Crippen LogP contribution in [0.2, 0.25) is 0 Å². The molecule has 1 aliphatic heterocycles. The van der Waals surface area contributed by atoms with E-state index in [1.54, 1.807) is 7.11 Å². The minimum Gasteiger partial charge on any atom is -0.383 e. The summed E-state index contributed by atoms with van der Waals surface area (Å²) in [4.78, 5) is 0. The molecule has 3 heteroatoms. The fourth-order valence-corrected chi connectivity index (χ4v) is 2.22. The van der Waals surface area contributed by atoms with E-state index in [0.717, 1.165) is 32.7 Å². The van der Waals surface area contributed by atoms with E-state index in [9.17, 15) is 0 Å². The van der Waals surface area contributed by atoms with E-state index in [1.807, 2.05) is 0 Å². The van der Waals surface area contributed by atoms with Crippen molar-refractivity contribution in [2.45, 2.75) is 39.7 Å². The third-order valence-electron chi connectivity index (χ3n) is 3.05. The third-order valence-corrected chi connectivity index (χ3v) is 3.05. The molecule has 0 aromatic rings. The average molecular weight is 229 g/mol. The maximum absolute atomic E-state index is 5.83. The summed E-state index contributed by atoms with van der Waals surface area (Å²) in [5.74, 6) is 0.677. The molecule has 1 N–H and O–H groups in total. The number of rotatable bonds is 6. The Balaban J connectivity index is 2.24. The lowest BCUT2D eigenvalue weighted by molar-refractivity contribution is 0.0556. The number of ether oxygens (including phenoxy) is 2. The lowest BCUT2D eigenvalue weighted by Crippen LogP contribution is -2.32. The van der Waals surface area contributed by atoms with Crippen LogP contribution in [-0.2, 0) is 9.47 Å². The van der Waals surface area contributed by atoms with Crippen LogP contribution in [0, 0.1) is 11.3 Å². The smallest absolute Gasteiger partial charge is 0.0621 e. The van der Waals surface area contributed by atoms with Crippen LogP contribution in [0.25, 0.3) is 0 Å². The summed E-state index contributed by atoms with van der Waals surface area (Å²) >= 11 is 0. The maximum atomic E-state index is 5.83. The quantitative estimate of drug-likeness (QED) is 0.707. The van der Waals surface area contributed by atoms with Crippen LogP contribution in [0.15, 0.2) is 0 Å². The molecule has 1 heterocycles. The van der Waals surface area contributed by atoms with E-state index >= 15 is 0 Å². The predicted octanol–water partition coefficient (Wildman–Crippen LogP) is 2.06. The molecule has 0 saturated carbocycles. The van der Waals surface area contributed by atoms with Gasteiger partial charge in [-0.3, -0.25) is 0 Å². The van der Waals surface area contributed by atoms with Gasteiger partial charge in [-0.25, -0.2) is 0 Å². The second kappa shape index (κ2) is 6.58. The van der Waals surface area contributed by atoms with E-state index in [4.69, 9.17) is 9.47 Å². The molecule has 2 atom stereocenters. The minimum atomic E-state index is 0.361. The summed E-state index contributed by atoms with van der Waals surface area (Å²) in [6.07, 6.45) is 2.79. The van der Waals surface area contributed by atoms with Gasteiger partial charge in [-0.15, -0.1) is 0 Å². The standard InChI is InChI=1S/C13H27NO2/c1-13(2,3)9-12-11(5-7-16-12)10-14-6-8-15-4/h11-12,14H,5-10H2,1-4H3. The zero-order valence-electron chi connectivity index (χ0n) is 11.2. The molecule has 3 nitrogen and oxygen atoms in total. The Morgan fingerprint density at radius 3 is 2.75 bits per heavy atom. The molecule has 16 heavy (non-hydrogen) atoms. The molecule has 1 rings (SSSR count). The van der Waals surface area contributed by atoms with Crippen LogP contribution in [0.3, 0.4) is 0 Å². The molecule has 1 aliphatic rings. The van der Waals surface area contributed by atoms with Gasteiger partial charge in [0.1, 0.15) is 0 Å². The Morgan fingerprint density at radius 1 is 1.38 bits per heavy atom. The molecule has 0 aromatic carbocycles. The highest BCUT2D eigenvalue weighted by molar-refractivity contribution is 4.81. The Kier molecular flexibility index (Phi) is 5.73. The SMILES string of the molecule is COCCNCC1CCOC1CC(C)(C)C. The molecular weight excluding hydrogens is 202 g/mol. The second-order valence-electron chi connectivity index (χ2n) is 5.92. The second-order valence-corrected chi connectivity index (χ2v) is 5.92. The average Bonchev–Trinajstić information content (AvgIpc) is 2.58. The molecule has 0 radical (unpaired) electrons. The molecule has 2 unspecified atom stereocenters. The van der Waals surface area contributed by atoms with Crippen LogP contribution in [0.4, 0.5) is 0 Å². The van der Waals surface area contributed by atoms with Gasteiger partial charge in [0.2, 0.25) is 0 Å². The highest BCUT2D eigenvalue weighted by Gasteiger charge is 2.31. The van der Waals surface area contributed by atoms with Gasteiger partial charge in [0, 0.05) is 26.8 Å². The predicted molar refractivity (Wildman–Crippen MR) is 66.7 cm³/mol. The Labute approximate surface area is 99.9 Å². The Bertz CT molecular complexity index is 189. The van der Waals surface area contributed by atoms with E-state index in [2.05, 4.69) is 26.1 Å². The Hall–Kier alpha value is -0.120. The fraction of sp³-hybridized carbons (Fsp3) is 1.00. The molecule has 96 valence electrons. The van der Waals surface area contributed by atoms with Gasteiger partial charge < -0.3 is 14.8 Å².